The zero-order chi connectivity index (χ0) is 15.6. The van der Waals surface area contributed by atoms with Gasteiger partial charge in [0.25, 0.3) is 0 Å². The Bertz CT molecular complexity index is 1020. The minimum atomic E-state index is -0.0251. The smallest absolute Gasteiger partial charge is 0.193 e. The first-order valence-electron chi connectivity index (χ1n) is 7.50. The van der Waals surface area contributed by atoms with Crippen LogP contribution in [0, 0.1) is 0 Å². The predicted octanol–water partition coefficient (Wildman–Crippen LogP) is 5.13. The Morgan fingerprint density at radius 1 is 0.609 bits per heavy atom. The monoisotopic (exact) mass is 298 g/mol. The highest BCUT2D eigenvalue weighted by Crippen LogP contribution is 2.26. The number of hydrogen-bond acceptors (Lipinski definition) is 2. The predicted molar refractivity (Wildman–Crippen MR) is 93.4 cm³/mol. The van der Waals surface area contributed by atoms with Crippen molar-refractivity contribution in [3.05, 3.63) is 95.2 Å². The van der Waals surface area contributed by atoms with Crippen LogP contribution >= 0.6 is 0 Å². The topological polar surface area (TPSA) is 30.2 Å². The molecule has 0 saturated carbocycles. The molecule has 2 heteroatoms. The van der Waals surface area contributed by atoms with Gasteiger partial charge in [0, 0.05) is 11.6 Å². The molecule has 0 bridgehead atoms. The van der Waals surface area contributed by atoms with E-state index in [1.54, 1.807) is 6.07 Å². The maximum absolute atomic E-state index is 12.5. The molecule has 1 aromatic heterocycles. The second kappa shape index (κ2) is 5.58. The molecule has 0 unspecified atom stereocenters. The van der Waals surface area contributed by atoms with E-state index in [4.69, 9.17) is 4.42 Å². The van der Waals surface area contributed by atoms with Gasteiger partial charge in [0.2, 0.25) is 0 Å². The lowest BCUT2D eigenvalue weighted by Crippen LogP contribution is -2.00. The molecule has 4 rings (SSSR count). The average molecular weight is 298 g/mol. The van der Waals surface area contributed by atoms with Crippen LogP contribution in [0.15, 0.2) is 94.1 Å². The molecule has 3 aromatic carbocycles. The van der Waals surface area contributed by atoms with Crippen molar-refractivity contribution < 1.29 is 4.42 Å². The van der Waals surface area contributed by atoms with Gasteiger partial charge in [-0.2, -0.15) is 0 Å². The highest BCUT2D eigenvalue weighted by molar-refractivity contribution is 5.84. The van der Waals surface area contributed by atoms with Gasteiger partial charge in [0.1, 0.15) is 11.3 Å². The van der Waals surface area contributed by atoms with E-state index in [0.717, 1.165) is 16.7 Å². The fourth-order valence-electron chi connectivity index (χ4n) is 2.71. The molecular formula is C21H14O2. The van der Waals surface area contributed by atoms with E-state index in [1.165, 1.54) is 0 Å². The molecule has 0 atom stereocenters. The summed E-state index contributed by atoms with van der Waals surface area (Å²) in [6.45, 7) is 0. The second-order valence-corrected chi connectivity index (χ2v) is 5.42. The van der Waals surface area contributed by atoms with Gasteiger partial charge < -0.3 is 4.42 Å². The van der Waals surface area contributed by atoms with Crippen molar-refractivity contribution in [3.8, 4) is 22.5 Å². The van der Waals surface area contributed by atoms with Crippen LogP contribution in [0.5, 0.6) is 0 Å². The van der Waals surface area contributed by atoms with Gasteiger partial charge >= 0.3 is 0 Å². The van der Waals surface area contributed by atoms with Crippen molar-refractivity contribution in [3.63, 3.8) is 0 Å². The summed E-state index contributed by atoms with van der Waals surface area (Å²) in [6, 6.07) is 27.0. The molecule has 0 spiro atoms. The van der Waals surface area contributed by atoms with E-state index in [0.29, 0.717) is 16.7 Å². The Morgan fingerprint density at radius 2 is 1.26 bits per heavy atom. The van der Waals surface area contributed by atoms with E-state index in [1.807, 2.05) is 78.9 Å². The first-order chi connectivity index (χ1) is 11.3. The molecule has 1 heterocycles. The maximum atomic E-state index is 12.5. The van der Waals surface area contributed by atoms with E-state index in [2.05, 4.69) is 0 Å². The first kappa shape index (κ1) is 13.5. The SMILES string of the molecule is O=c1cc(-c2ccccc2)oc2ccc(-c3ccccc3)cc12. The molecule has 0 radical (unpaired) electrons. The van der Waals surface area contributed by atoms with Crippen LogP contribution < -0.4 is 5.43 Å². The first-order valence-corrected chi connectivity index (χ1v) is 7.50. The molecule has 23 heavy (non-hydrogen) atoms. The van der Waals surface area contributed by atoms with Crippen molar-refractivity contribution in [2.24, 2.45) is 0 Å². The normalized spacial score (nSPS) is 10.8. The van der Waals surface area contributed by atoms with Crippen LogP contribution in [0.25, 0.3) is 33.4 Å². The zero-order valence-electron chi connectivity index (χ0n) is 12.4. The summed E-state index contributed by atoms with van der Waals surface area (Å²) in [4.78, 5) is 12.5. The van der Waals surface area contributed by atoms with Crippen molar-refractivity contribution in [1.82, 2.24) is 0 Å². The largest absolute Gasteiger partial charge is 0.456 e. The van der Waals surface area contributed by atoms with Gasteiger partial charge in [-0.3, -0.25) is 4.79 Å². The number of fused-ring (bicyclic) bond motifs is 1. The number of hydrogen-bond donors (Lipinski definition) is 0. The third-order valence-electron chi connectivity index (χ3n) is 3.89. The van der Waals surface area contributed by atoms with Gasteiger partial charge in [0.15, 0.2) is 5.43 Å². The van der Waals surface area contributed by atoms with E-state index in [9.17, 15) is 4.79 Å². The van der Waals surface area contributed by atoms with Gasteiger partial charge in [-0.25, -0.2) is 0 Å². The lowest BCUT2D eigenvalue weighted by molar-refractivity contribution is 0.619. The van der Waals surface area contributed by atoms with Crippen LogP contribution in [0.2, 0.25) is 0 Å². The summed E-state index contributed by atoms with van der Waals surface area (Å²) in [5.41, 5.74) is 3.58. The fourth-order valence-corrected chi connectivity index (χ4v) is 2.71. The summed E-state index contributed by atoms with van der Waals surface area (Å²) >= 11 is 0. The number of rotatable bonds is 2. The van der Waals surface area contributed by atoms with Crippen LogP contribution in [-0.2, 0) is 0 Å². The quantitative estimate of drug-likeness (QED) is 0.513. The molecule has 0 N–H and O–H groups in total. The highest BCUT2D eigenvalue weighted by Gasteiger charge is 2.08. The average Bonchev–Trinajstić information content (AvgIpc) is 2.63. The van der Waals surface area contributed by atoms with Gasteiger partial charge in [0.05, 0.1) is 5.39 Å². The molecule has 0 aliphatic heterocycles. The summed E-state index contributed by atoms with van der Waals surface area (Å²) in [6.07, 6.45) is 0. The van der Waals surface area contributed by atoms with Crippen LogP contribution in [0.4, 0.5) is 0 Å². The Morgan fingerprint density at radius 3 is 1.96 bits per heavy atom. The molecule has 0 fully saturated rings. The zero-order valence-corrected chi connectivity index (χ0v) is 12.4. The Labute approximate surface area is 133 Å². The summed E-state index contributed by atoms with van der Waals surface area (Å²) in [5, 5.41) is 0.603. The van der Waals surface area contributed by atoms with E-state index >= 15 is 0 Å². The molecular weight excluding hydrogens is 284 g/mol. The second-order valence-electron chi connectivity index (χ2n) is 5.42. The Hall–Kier alpha value is -3.13. The maximum Gasteiger partial charge on any atom is 0.193 e. The summed E-state index contributed by atoms with van der Waals surface area (Å²) in [7, 11) is 0. The lowest BCUT2D eigenvalue weighted by atomic mass is 10.0. The third kappa shape index (κ3) is 2.55. The van der Waals surface area contributed by atoms with E-state index in [-0.39, 0.29) is 5.43 Å². The van der Waals surface area contributed by atoms with Gasteiger partial charge in [-0.1, -0.05) is 66.7 Å². The summed E-state index contributed by atoms with van der Waals surface area (Å²) in [5.74, 6) is 0.593. The van der Waals surface area contributed by atoms with Crippen molar-refractivity contribution in [2.45, 2.75) is 0 Å². The minimum Gasteiger partial charge on any atom is -0.456 e. The van der Waals surface area contributed by atoms with Gasteiger partial charge in [-0.15, -0.1) is 0 Å². The molecule has 0 amide bonds. The van der Waals surface area contributed by atoms with Crippen LogP contribution in [0.3, 0.4) is 0 Å². The molecule has 110 valence electrons. The van der Waals surface area contributed by atoms with Crippen molar-refractivity contribution >= 4 is 11.0 Å². The molecule has 0 aliphatic carbocycles. The standard InChI is InChI=1S/C21H14O2/c22-19-14-21(16-9-5-2-6-10-16)23-20-12-11-17(13-18(19)20)15-7-3-1-4-8-15/h1-14H. The third-order valence-corrected chi connectivity index (χ3v) is 3.89. The van der Waals surface area contributed by atoms with Crippen LogP contribution in [-0.4, -0.2) is 0 Å². The van der Waals surface area contributed by atoms with E-state index < -0.39 is 0 Å². The van der Waals surface area contributed by atoms with Gasteiger partial charge in [-0.05, 0) is 23.3 Å². The minimum absolute atomic E-state index is 0.0251. The molecule has 2 nitrogen and oxygen atoms in total. The Kier molecular flexibility index (Phi) is 3.28. The van der Waals surface area contributed by atoms with Crippen molar-refractivity contribution in [2.75, 3.05) is 0 Å². The highest BCUT2D eigenvalue weighted by atomic mass is 16.3. The van der Waals surface area contributed by atoms with Crippen LogP contribution in [0.1, 0.15) is 0 Å². The molecule has 0 saturated heterocycles. The fraction of sp³-hybridized carbons (Fsp3) is 0. The van der Waals surface area contributed by atoms with Crippen molar-refractivity contribution in [1.29, 1.82) is 0 Å². The summed E-state index contributed by atoms with van der Waals surface area (Å²) < 4.78 is 5.92. The lowest BCUT2D eigenvalue weighted by Gasteiger charge is -2.06. The molecule has 4 aromatic rings. The Balaban J connectivity index is 1.88. The number of benzene rings is 3. The molecule has 0 aliphatic rings.